The number of rotatable bonds is 0. The fraction of sp³-hybridized carbons (Fsp3) is 0.900. The van der Waals surface area contributed by atoms with Crippen LogP contribution in [0.25, 0.3) is 0 Å². The van der Waals surface area contributed by atoms with Crippen molar-refractivity contribution in [1.29, 1.82) is 0 Å². The summed E-state index contributed by atoms with van der Waals surface area (Å²) in [5.41, 5.74) is 0. The van der Waals surface area contributed by atoms with Gasteiger partial charge in [0.25, 0.3) is 0 Å². The summed E-state index contributed by atoms with van der Waals surface area (Å²) in [4.78, 5) is 6.95. The summed E-state index contributed by atoms with van der Waals surface area (Å²) < 4.78 is 0. The van der Waals surface area contributed by atoms with Gasteiger partial charge in [0, 0.05) is 37.2 Å². The molecule has 4 heteroatoms. The van der Waals surface area contributed by atoms with Gasteiger partial charge in [0.05, 0.1) is 0 Å². The van der Waals surface area contributed by atoms with E-state index in [0.29, 0.717) is 0 Å². The van der Waals surface area contributed by atoms with Crippen LogP contribution in [0.3, 0.4) is 0 Å². The van der Waals surface area contributed by atoms with Crippen molar-refractivity contribution in [2.75, 3.05) is 31.9 Å². The number of thioether (sulfide) groups is 1. The van der Waals surface area contributed by atoms with Crippen molar-refractivity contribution in [1.82, 2.24) is 10.2 Å². The van der Waals surface area contributed by atoms with Gasteiger partial charge in [-0.25, -0.2) is 0 Å². The average Bonchev–Trinajstić information content (AvgIpc) is 2.44. The summed E-state index contributed by atoms with van der Waals surface area (Å²) >= 11 is 2.08. The highest BCUT2D eigenvalue weighted by Gasteiger charge is 2.17. The minimum Gasteiger partial charge on any atom is -0.356 e. The molecule has 1 unspecified atom stereocenters. The smallest absolute Gasteiger partial charge is 0.193 e. The van der Waals surface area contributed by atoms with E-state index in [1.165, 1.54) is 25.1 Å². The third-order valence-corrected chi connectivity index (χ3v) is 3.97. The lowest BCUT2D eigenvalue weighted by atomic mass is 10.3. The molecule has 1 N–H and O–H groups in total. The first-order valence-corrected chi connectivity index (χ1v) is 6.56. The van der Waals surface area contributed by atoms with E-state index < -0.39 is 0 Å². The number of hydrogen-bond donors (Lipinski definition) is 1. The Labute approximate surface area is 90.3 Å². The molecule has 1 atom stereocenters. The van der Waals surface area contributed by atoms with Crippen LogP contribution in [0.1, 0.15) is 19.8 Å². The molecule has 1 saturated heterocycles. The van der Waals surface area contributed by atoms with E-state index in [1.807, 2.05) is 0 Å². The van der Waals surface area contributed by atoms with Crippen LogP contribution < -0.4 is 5.32 Å². The van der Waals surface area contributed by atoms with Crippen LogP contribution in [0.4, 0.5) is 0 Å². The summed E-state index contributed by atoms with van der Waals surface area (Å²) in [6, 6.07) is 0. The second kappa shape index (κ2) is 4.91. The van der Waals surface area contributed by atoms with Crippen molar-refractivity contribution < 1.29 is 0 Å². The highest BCUT2D eigenvalue weighted by atomic mass is 32.2. The van der Waals surface area contributed by atoms with E-state index >= 15 is 0 Å². The molecule has 3 nitrogen and oxygen atoms in total. The maximum absolute atomic E-state index is 4.54. The van der Waals surface area contributed by atoms with Crippen molar-refractivity contribution in [3.63, 3.8) is 0 Å². The third-order valence-electron chi connectivity index (χ3n) is 2.75. The normalized spacial score (nSPS) is 29.1. The standard InChI is InChI=1S/C10H19N3S/c1-9-3-6-13(7-8-14-9)10-11-4-2-5-12-10/h9H,2-8H2,1H3,(H,11,12). The Bertz CT molecular complexity index is 217. The summed E-state index contributed by atoms with van der Waals surface area (Å²) in [6.45, 7) is 6.74. The highest BCUT2D eigenvalue weighted by molar-refractivity contribution is 7.99. The Morgan fingerprint density at radius 2 is 2.43 bits per heavy atom. The Morgan fingerprint density at radius 1 is 1.50 bits per heavy atom. The van der Waals surface area contributed by atoms with Crippen LogP contribution in [0, 0.1) is 0 Å². The third kappa shape index (κ3) is 2.56. The van der Waals surface area contributed by atoms with Crippen LogP contribution in [-0.4, -0.2) is 48.0 Å². The van der Waals surface area contributed by atoms with Gasteiger partial charge in [0.15, 0.2) is 5.96 Å². The van der Waals surface area contributed by atoms with Gasteiger partial charge in [-0.1, -0.05) is 6.92 Å². The predicted octanol–water partition coefficient (Wildman–Crippen LogP) is 1.16. The zero-order valence-corrected chi connectivity index (χ0v) is 9.65. The van der Waals surface area contributed by atoms with Gasteiger partial charge in [-0.3, -0.25) is 4.99 Å². The van der Waals surface area contributed by atoms with Crippen LogP contribution in [0.2, 0.25) is 0 Å². The zero-order valence-electron chi connectivity index (χ0n) is 8.83. The van der Waals surface area contributed by atoms with E-state index in [0.717, 1.165) is 30.8 Å². The van der Waals surface area contributed by atoms with Crippen LogP contribution in [-0.2, 0) is 0 Å². The maximum Gasteiger partial charge on any atom is 0.193 e. The molecular formula is C10H19N3S. The van der Waals surface area contributed by atoms with Crippen LogP contribution >= 0.6 is 11.8 Å². The first-order valence-electron chi connectivity index (χ1n) is 5.51. The fourth-order valence-electron chi connectivity index (χ4n) is 1.84. The molecule has 0 aromatic carbocycles. The second-order valence-corrected chi connectivity index (χ2v) is 5.49. The Kier molecular flexibility index (Phi) is 3.56. The summed E-state index contributed by atoms with van der Waals surface area (Å²) in [7, 11) is 0. The van der Waals surface area contributed by atoms with Gasteiger partial charge < -0.3 is 10.2 Å². The number of hydrogen-bond acceptors (Lipinski definition) is 4. The molecular weight excluding hydrogens is 194 g/mol. The summed E-state index contributed by atoms with van der Waals surface area (Å²) in [6.07, 6.45) is 2.47. The van der Waals surface area contributed by atoms with Gasteiger partial charge in [-0.15, -0.1) is 0 Å². The van der Waals surface area contributed by atoms with E-state index in [1.54, 1.807) is 0 Å². The molecule has 80 valence electrons. The molecule has 2 heterocycles. The lowest BCUT2D eigenvalue weighted by molar-refractivity contribution is 0.417. The van der Waals surface area contributed by atoms with Gasteiger partial charge in [-0.05, 0) is 12.8 Å². The molecule has 0 radical (unpaired) electrons. The molecule has 14 heavy (non-hydrogen) atoms. The van der Waals surface area contributed by atoms with Crippen LogP contribution in [0.15, 0.2) is 4.99 Å². The molecule has 1 fully saturated rings. The minimum absolute atomic E-state index is 0.809. The van der Waals surface area contributed by atoms with E-state index in [-0.39, 0.29) is 0 Å². The molecule has 0 bridgehead atoms. The lowest BCUT2D eigenvalue weighted by Gasteiger charge is -2.27. The monoisotopic (exact) mass is 213 g/mol. The molecule has 0 aromatic heterocycles. The van der Waals surface area contributed by atoms with Crippen molar-refractivity contribution in [3.05, 3.63) is 0 Å². The summed E-state index contributed by atoms with van der Waals surface area (Å²) in [5, 5.41) is 4.21. The predicted molar refractivity (Wildman–Crippen MR) is 63.0 cm³/mol. The van der Waals surface area contributed by atoms with Gasteiger partial charge in [0.1, 0.15) is 0 Å². The quantitative estimate of drug-likeness (QED) is 0.654. The van der Waals surface area contributed by atoms with E-state index in [2.05, 4.69) is 33.9 Å². The van der Waals surface area contributed by atoms with Gasteiger partial charge >= 0.3 is 0 Å². The molecule has 2 aliphatic rings. The maximum atomic E-state index is 4.54. The molecule has 0 aliphatic carbocycles. The molecule has 2 aliphatic heterocycles. The highest BCUT2D eigenvalue weighted by Crippen LogP contribution is 2.18. The SMILES string of the molecule is CC1CCN(C2=NCCCN2)CCS1. The van der Waals surface area contributed by atoms with E-state index in [9.17, 15) is 0 Å². The largest absolute Gasteiger partial charge is 0.356 e. The fourth-order valence-corrected chi connectivity index (χ4v) is 2.84. The lowest BCUT2D eigenvalue weighted by Crippen LogP contribution is -2.45. The first-order chi connectivity index (χ1) is 6.86. The van der Waals surface area contributed by atoms with E-state index in [4.69, 9.17) is 0 Å². The Balaban J connectivity index is 1.92. The molecule has 0 aromatic rings. The summed E-state index contributed by atoms with van der Waals surface area (Å²) in [5.74, 6) is 2.38. The average molecular weight is 213 g/mol. The van der Waals surface area contributed by atoms with Gasteiger partial charge in [-0.2, -0.15) is 11.8 Å². The topological polar surface area (TPSA) is 27.6 Å². The molecule has 2 rings (SSSR count). The molecule has 0 amide bonds. The first kappa shape index (κ1) is 10.1. The number of nitrogens with zero attached hydrogens (tertiary/aromatic N) is 2. The van der Waals surface area contributed by atoms with Crippen molar-refractivity contribution >= 4 is 17.7 Å². The minimum atomic E-state index is 0.809. The Hall–Kier alpha value is -0.380. The number of nitrogens with one attached hydrogen (secondary N) is 1. The zero-order chi connectivity index (χ0) is 9.80. The molecule has 0 saturated carbocycles. The number of aliphatic imine (C=N–C) groups is 1. The molecule has 0 spiro atoms. The van der Waals surface area contributed by atoms with Crippen molar-refractivity contribution in [3.8, 4) is 0 Å². The second-order valence-electron chi connectivity index (χ2n) is 3.94. The van der Waals surface area contributed by atoms with Crippen molar-refractivity contribution in [2.24, 2.45) is 4.99 Å². The van der Waals surface area contributed by atoms with Crippen LogP contribution in [0.5, 0.6) is 0 Å². The van der Waals surface area contributed by atoms with Gasteiger partial charge in [0.2, 0.25) is 0 Å². The number of guanidine groups is 1. The van der Waals surface area contributed by atoms with Crippen molar-refractivity contribution in [2.45, 2.75) is 25.0 Å². The Morgan fingerprint density at radius 3 is 3.21 bits per heavy atom.